The van der Waals surface area contributed by atoms with Gasteiger partial charge in [0.15, 0.2) is 0 Å². The number of esters is 1. The van der Waals surface area contributed by atoms with Crippen LogP contribution in [-0.2, 0) is 14.3 Å². The SMILES string of the molecule is CCC(C)OC(=O)CNCCOC1CC2CCC1(C)C2(C)C. The number of rotatable bonds is 8. The van der Waals surface area contributed by atoms with Crippen molar-refractivity contribution in [1.82, 2.24) is 5.32 Å². The number of hydrogen-bond donors (Lipinski definition) is 1. The fourth-order valence-corrected chi connectivity index (χ4v) is 4.20. The Labute approximate surface area is 135 Å². The minimum absolute atomic E-state index is 0.00164. The minimum Gasteiger partial charge on any atom is -0.462 e. The standard InChI is InChI=1S/C18H33NO3/c1-6-13(2)22-16(20)12-19-9-10-21-15-11-14-7-8-18(15,5)17(14,3)4/h13-15,19H,6-12H2,1-5H3. The van der Waals surface area contributed by atoms with Crippen molar-refractivity contribution in [3.63, 3.8) is 0 Å². The zero-order chi connectivity index (χ0) is 16.4. The molecule has 0 heterocycles. The molecule has 4 atom stereocenters. The van der Waals surface area contributed by atoms with E-state index in [1.54, 1.807) is 0 Å². The van der Waals surface area contributed by atoms with E-state index in [2.05, 4.69) is 26.1 Å². The third kappa shape index (κ3) is 3.33. The molecule has 2 saturated carbocycles. The van der Waals surface area contributed by atoms with Crippen molar-refractivity contribution >= 4 is 5.97 Å². The highest BCUT2D eigenvalue weighted by atomic mass is 16.5. The van der Waals surface area contributed by atoms with E-state index in [0.717, 1.165) is 12.3 Å². The lowest BCUT2D eigenvalue weighted by atomic mass is 9.70. The van der Waals surface area contributed by atoms with Crippen molar-refractivity contribution in [2.45, 2.75) is 72.5 Å². The Morgan fingerprint density at radius 2 is 2.09 bits per heavy atom. The van der Waals surface area contributed by atoms with Crippen molar-refractivity contribution in [3.8, 4) is 0 Å². The highest BCUT2D eigenvalue weighted by Gasteiger charge is 2.61. The smallest absolute Gasteiger partial charge is 0.320 e. The number of carbonyl (C=O) groups is 1. The van der Waals surface area contributed by atoms with Crippen LogP contribution in [-0.4, -0.2) is 37.9 Å². The summed E-state index contributed by atoms with van der Waals surface area (Å²) in [5, 5.41) is 3.12. The summed E-state index contributed by atoms with van der Waals surface area (Å²) in [5.41, 5.74) is 0.707. The summed E-state index contributed by atoms with van der Waals surface area (Å²) in [7, 11) is 0. The zero-order valence-electron chi connectivity index (χ0n) is 14.9. The molecule has 0 saturated heterocycles. The molecule has 0 aliphatic heterocycles. The van der Waals surface area contributed by atoms with Gasteiger partial charge < -0.3 is 14.8 Å². The van der Waals surface area contributed by atoms with Gasteiger partial charge in [-0.1, -0.05) is 27.7 Å². The van der Waals surface area contributed by atoms with Crippen LogP contribution < -0.4 is 5.32 Å². The fraction of sp³-hybridized carbons (Fsp3) is 0.944. The van der Waals surface area contributed by atoms with Gasteiger partial charge in [-0.25, -0.2) is 0 Å². The van der Waals surface area contributed by atoms with Gasteiger partial charge in [-0.15, -0.1) is 0 Å². The van der Waals surface area contributed by atoms with Crippen LogP contribution in [0, 0.1) is 16.7 Å². The van der Waals surface area contributed by atoms with Crippen molar-refractivity contribution in [2.24, 2.45) is 16.7 Å². The lowest BCUT2D eigenvalue weighted by Crippen LogP contribution is -2.38. The molecule has 0 aromatic carbocycles. The summed E-state index contributed by atoms with van der Waals surface area (Å²) >= 11 is 0. The maximum absolute atomic E-state index is 11.5. The molecule has 0 aromatic rings. The van der Waals surface area contributed by atoms with Gasteiger partial charge in [0.25, 0.3) is 0 Å². The molecule has 4 nitrogen and oxygen atoms in total. The average Bonchev–Trinajstić information content (AvgIpc) is 2.79. The third-order valence-electron chi connectivity index (χ3n) is 6.49. The summed E-state index contributed by atoms with van der Waals surface area (Å²) in [5.74, 6) is 0.628. The molecule has 2 rings (SSSR count). The van der Waals surface area contributed by atoms with E-state index in [9.17, 15) is 4.79 Å². The zero-order valence-corrected chi connectivity index (χ0v) is 14.9. The Morgan fingerprint density at radius 3 is 2.64 bits per heavy atom. The first-order chi connectivity index (χ1) is 10.3. The van der Waals surface area contributed by atoms with Crippen LogP contribution in [0.1, 0.15) is 60.3 Å². The Bertz CT molecular complexity index is 396. The molecule has 128 valence electrons. The van der Waals surface area contributed by atoms with Gasteiger partial charge in [-0.3, -0.25) is 4.79 Å². The highest BCUT2D eigenvalue weighted by molar-refractivity contribution is 5.71. The van der Waals surface area contributed by atoms with Crippen LogP contribution in [0.15, 0.2) is 0 Å². The summed E-state index contributed by atoms with van der Waals surface area (Å²) < 4.78 is 11.4. The van der Waals surface area contributed by atoms with Gasteiger partial charge in [0.05, 0.1) is 25.4 Å². The van der Waals surface area contributed by atoms with Crippen LogP contribution in [0.4, 0.5) is 0 Å². The molecule has 2 aliphatic rings. The topological polar surface area (TPSA) is 47.6 Å². The molecule has 22 heavy (non-hydrogen) atoms. The van der Waals surface area contributed by atoms with E-state index in [4.69, 9.17) is 9.47 Å². The van der Waals surface area contributed by atoms with E-state index in [0.29, 0.717) is 30.1 Å². The van der Waals surface area contributed by atoms with E-state index < -0.39 is 0 Å². The predicted octanol–water partition coefficient (Wildman–Crippen LogP) is 3.15. The molecule has 4 heteroatoms. The number of ether oxygens (including phenoxy) is 2. The van der Waals surface area contributed by atoms with E-state index >= 15 is 0 Å². The molecule has 4 unspecified atom stereocenters. The first kappa shape index (κ1) is 17.7. The predicted molar refractivity (Wildman–Crippen MR) is 87.7 cm³/mol. The second-order valence-corrected chi connectivity index (χ2v) is 7.86. The quantitative estimate of drug-likeness (QED) is 0.552. The summed E-state index contributed by atoms with van der Waals surface area (Å²) in [6, 6.07) is 0. The first-order valence-corrected chi connectivity index (χ1v) is 8.83. The van der Waals surface area contributed by atoms with E-state index in [1.807, 2.05) is 13.8 Å². The largest absolute Gasteiger partial charge is 0.462 e. The van der Waals surface area contributed by atoms with Gasteiger partial charge in [-0.2, -0.15) is 0 Å². The van der Waals surface area contributed by atoms with Gasteiger partial charge >= 0.3 is 5.97 Å². The number of nitrogens with one attached hydrogen (secondary N) is 1. The van der Waals surface area contributed by atoms with Crippen LogP contribution in [0.25, 0.3) is 0 Å². The van der Waals surface area contributed by atoms with Crippen molar-refractivity contribution in [3.05, 3.63) is 0 Å². The molecule has 1 N–H and O–H groups in total. The minimum atomic E-state index is -0.178. The van der Waals surface area contributed by atoms with Crippen molar-refractivity contribution in [2.75, 3.05) is 19.7 Å². The number of carbonyl (C=O) groups excluding carboxylic acids is 1. The van der Waals surface area contributed by atoms with Crippen molar-refractivity contribution in [1.29, 1.82) is 0 Å². The van der Waals surface area contributed by atoms with Gasteiger partial charge in [0.1, 0.15) is 0 Å². The number of fused-ring (bicyclic) bond motifs is 2. The lowest BCUT2D eigenvalue weighted by Gasteiger charge is -2.38. The Balaban J connectivity index is 1.63. The van der Waals surface area contributed by atoms with E-state index in [-0.39, 0.29) is 18.6 Å². The van der Waals surface area contributed by atoms with Gasteiger partial charge in [-0.05, 0) is 49.4 Å². The second-order valence-electron chi connectivity index (χ2n) is 7.86. The van der Waals surface area contributed by atoms with Crippen LogP contribution in [0.3, 0.4) is 0 Å². The Kier molecular flexibility index (Phi) is 5.54. The Hall–Kier alpha value is -0.610. The second kappa shape index (κ2) is 6.88. The molecule has 2 aliphatic carbocycles. The summed E-state index contributed by atoms with van der Waals surface area (Å²) in [6.45, 7) is 12.8. The summed E-state index contributed by atoms with van der Waals surface area (Å²) in [6.07, 6.45) is 5.05. The van der Waals surface area contributed by atoms with Gasteiger partial charge in [0, 0.05) is 6.54 Å². The molecule has 0 amide bonds. The maximum Gasteiger partial charge on any atom is 0.320 e. The average molecular weight is 311 g/mol. The molecule has 2 fully saturated rings. The van der Waals surface area contributed by atoms with Gasteiger partial charge in [0.2, 0.25) is 0 Å². The highest BCUT2D eigenvalue weighted by Crippen LogP contribution is 2.66. The number of hydrogen-bond acceptors (Lipinski definition) is 4. The maximum atomic E-state index is 11.5. The summed E-state index contributed by atoms with van der Waals surface area (Å²) in [4.78, 5) is 11.5. The third-order valence-corrected chi connectivity index (χ3v) is 6.49. The normalized spacial score (nSPS) is 33.9. The Morgan fingerprint density at radius 1 is 1.36 bits per heavy atom. The molecular formula is C18H33NO3. The molecule has 0 radical (unpaired) electrons. The first-order valence-electron chi connectivity index (χ1n) is 8.83. The van der Waals surface area contributed by atoms with Crippen molar-refractivity contribution < 1.29 is 14.3 Å². The monoisotopic (exact) mass is 311 g/mol. The van der Waals surface area contributed by atoms with E-state index in [1.165, 1.54) is 19.3 Å². The molecule has 2 bridgehead atoms. The molecule has 0 spiro atoms. The van der Waals surface area contributed by atoms with Crippen LogP contribution in [0.5, 0.6) is 0 Å². The molecular weight excluding hydrogens is 278 g/mol. The lowest BCUT2D eigenvalue weighted by molar-refractivity contribution is -0.147. The molecule has 0 aromatic heterocycles. The van der Waals surface area contributed by atoms with Crippen LogP contribution in [0.2, 0.25) is 0 Å². The van der Waals surface area contributed by atoms with Crippen LogP contribution >= 0.6 is 0 Å². The fourth-order valence-electron chi connectivity index (χ4n) is 4.20.